The molecule has 0 radical (unpaired) electrons. The van der Waals surface area contributed by atoms with Crippen LogP contribution in [0.2, 0.25) is 0 Å². The van der Waals surface area contributed by atoms with E-state index in [4.69, 9.17) is 5.11 Å². The van der Waals surface area contributed by atoms with Crippen molar-refractivity contribution in [1.29, 1.82) is 0 Å². The standard InChI is InChI=1S/C13H11N3O3S/c17-12(11-6-14-15-20-11)16-4-3-8-1-2-9(13(18)19)5-10(8)7-16/h1-2,5-6H,3-4,7H2,(H,18,19). The lowest BCUT2D eigenvalue weighted by Gasteiger charge is -2.28. The quantitative estimate of drug-likeness (QED) is 0.904. The molecule has 0 aliphatic carbocycles. The van der Waals surface area contributed by atoms with E-state index in [1.807, 2.05) is 6.07 Å². The number of hydrogen-bond acceptors (Lipinski definition) is 5. The zero-order chi connectivity index (χ0) is 14.1. The van der Waals surface area contributed by atoms with Gasteiger partial charge in [-0.05, 0) is 41.2 Å². The number of carbonyl (C=O) groups excluding carboxylic acids is 1. The van der Waals surface area contributed by atoms with Gasteiger partial charge >= 0.3 is 5.97 Å². The van der Waals surface area contributed by atoms with E-state index >= 15 is 0 Å². The Morgan fingerprint density at radius 2 is 2.15 bits per heavy atom. The van der Waals surface area contributed by atoms with Crippen molar-refractivity contribution in [2.75, 3.05) is 6.54 Å². The fourth-order valence-electron chi connectivity index (χ4n) is 2.28. The molecule has 0 fully saturated rings. The number of rotatable bonds is 2. The molecule has 102 valence electrons. The molecule has 1 aromatic heterocycles. The number of aromatic nitrogens is 2. The number of carboxylic acid groups (broad SMARTS) is 1. The third-order valence-corrected chi connectivity index (χ3v) is 3.98. The van der Waals surface area contributed by atoms with Gasteiger partial charge in [0.1, 0.15) is 4.88 Å². The molecule has 1 aromatic carbocycles. The maximum absolute atomic E-state index is 12.2. The van der Waals surface area contributed by atoms with Crippen LogP contribution in [0.4, 0.5) is 0 Å². The summed E-state index contributed by atoms with van der Waals surface area (Å²) in [5.74, 6) is -1.06. The van der Waals surface area contributed by atoms with E-state index < -0.39 is 5.97 Å². The maximum Gasteiger partial charge on any atom is 0.335 e. The largest absolute Gasteiger partial charge is 0.478 e. The number of nitrogens with zero attached hydrogens (tertiary/aromatic N) is 3. The monoisotopic (exact) mass is 289 g/mol. The Morgan fingerprint density at radius 1 is 1.30 bits per heavy atom. The van der Waals surface area contributed by atoms with Crippen LogP contribution in [-0.4, -0.2) is 38.0 Å². The molecule has 20 heavy (non-hydrogen) atoms. The predicted octanol–water partition coefficient (Wildman–Crippen LogP) is 1.43. The molecule has 1 amide bonds. The molecule has 1 aliphatic heterocycles. The molecule has 3 rings (SSSR count). The van der Waals surface area contributed by atoms with Crippen LogP contribution in [-0.2, 0) is 13.0 Å². The minimum atomic E-state index is -0.956. The Morgan fingerprint density at radius 3 is 2.85 bits per heavy atom. The Hall–Kier alpha value is -2.28. The summed E-state index contributed by atoms with van der Waals surface area (Å²) in [4.78, 5) is 25.4. The number of benzene rings is 1. The van der Waals surface area contributed by atoms with Gasteiger partial charge in [0.25, 0.3) is 5.91 Å². The minimum absolute atomic E-state index is 0.105. The van der Waals surface area contributed by atoms with E-state index in [2.05, 4.69) is 9.59 Å². The first kappa shape index (κ1) is 12.7. The van der Waals surface area contributed by atoms with Gasteiger partial charge in [0.15, 0.2) is 0 Å². The van der Waals surface area contributed by atoms with E-state index in [9.17, 15) is 9.59 Å². The second-order valence-corrected chi connectivity index (χ2v) is 5.33. The Balaban J connectivity index is 1.85. The highest BCUT2D eigenvalue weighted by molar-refractivity contribution is 7.07. The molecule has 1 aliphatic rings. The fraction of sp³-hybridized carbons (Fsp3) is 0.231. The first-order chi connectivity index (χ1) is 9.65. The summed E-state index contributed by atoms with van der Waals surface area (Å²) < 4.78 is 3.69. The topological polar surface area (TPSA) is 83.4 Å². The summed E-state index contributed by atoms with van der Waals surface area (Å²) in [6.07, 6.45) is 2.18. The molecule has 0 bridgehead atoms. The lowest BCUT2D eigenvalue weighted by Crippen LogP contribution is -2.35. The molecule has 6 nitrogen and oxygen atoms in total. The van der Waals surface area contributed by atoms with Crippen molar-refractivity contribution in [3.8, 4) is 0 Å². The summed E-state index contributed by atoms with van der Waals surface area (Å²) in [5.41, 5.74) is 2.24. The maximum atomic E-state index is 12.2. The molecule has 7 heteroatoms. The van der Waals surface area contributed by atoms with Crippen LogP contribution < -0.4 is 0 Å². The zero-order valence-corrected chi connectivity index (χ0v) is 11.3. The number of carbonyl (C=O) groups is 2. The average Bonchev–Trinajstić information content (AvgIpc) is 2.99. The molecule has 1 N–H and O–H groups in total. The van der Waals surface area contributed by atoms with Gasteiger partial charge in [-0.25, -0.2) is 4.79 Å². The zero-order valence-electron chi connectivity index (χ0n) is 10.4. The smallest absolute Gasteiger partial charge is 0.335 e. The number of carboxylic acids is 1. The third kappa shape index (κ3) is 2.27. The summed E-state index contributed by atoms with van der Waals surface area (Å²) in [6.45, 7) is 1.04. The van der Waals surface area contributed by atoms with Gasteiger partial charge in [0.2, 0.25) is 0 Å². The van der Waals surface area contributed by atoms with Gasteiger partial charge in [0.05, 0.1) is 11.8 Å². The predicted molar refractivity (Wildman–Crippen MR) is 71.8 cm³/mol. The highest BCUT2D eigenvalue weighted by Crippen LogP contribution is 2.22. The van der Waals surface area contributed by atoms with Crippen LogP contribution in [0.1, 0.15) is 31.2 Å². The molecule has 2 aromatic rings. The first-order valence-corrected chi connectivity index (χ1v) is 6.84. The molecule has 0 saturated heterocycles. The highest BCUT2D eigenvalue weighted by atomic mass is 32.1. The summed E-state index contributed by atoms with van der Waals surface area (Å²) in [7, 11) is 0. The third-order valence-electron chi connectivity index (χ3n) is 3.32. The van der Waals surface area contributed by atoms with E-state index in [0.717, 1.165) is 29.1 Å². The van der Waals surface area contributed by atoms with Crippen molar-refractivity contribution in [2.24, 2.45) is 0 Å². The van der Waals surface area contributed by atoms with Crippen LogP contribution in [0.5, 0.6) is 0 Å². The first-order valence-electron chi connectivity index (χ1n) is 6.07. The fourth-order valence-corrected chi connectivity index (χ4v) is 2.76. The summed E-state index contributed by atoms with van der Waals surface area (Å²) in [6, 6.07) is 5.07. The minimum Gasteiger partial charge on any atom is -0.478 e. The molecule has 0 unspecified atom stereocenters. The number of fused-ring (bicyclic) bond motifs is 1. The van der Waals surface area contributed by atoms with E-state index in [-0.39, 0.29) is 11.5 Å². The van der Waals surface area contributed by atoms with Crippen LogP contribution in [0.25, 0.3) is 0 Å². The van der Waals surface area contributed by atoms with Crippen LogP contribution in [0.3, 0.4) is 0 Å². The van der Waals surface area contributed by atoms with E-state index in [1.165, 1.54) is 6.20 Å². The molecule has 0 spiro atoms. The molecule has 2 heterocycles. The van der Waals surface area contributed by atoms with Crippen LogP contribution in [0.15, 0.2) is 24.4 Å². The lowest BCUT2D eigenvalue weighted by molar-refractivity contribution is 0.0696. The molecule has 0 saturated carbocycles. The van der Waals surface area contributed by atoms with Gasteiger partial charge in [-0.1, -0.05) is 10.6 Å². The molecular formula is C13H11N3O3S. The van der Waals surface area contributed by atoms with Crippen LogP contribution in [0, 0.1) is 0 Å². The van der Waals surface area contributed by atoms with Crippen molar-refractivity contribution in [2.45, 2.75) is 13.0 Å². The number of amides is 1. The average molecular weight is 289 g/mol. The van der Waals surface area contributed by atoms with Crippen LogP contribution >= 0.6 is 11.5 Å². The Labute approximate surface area is 118 Å². The highest BCUT2D eigenvalue weighted by Gasteiger charge is 2.23. The van der Waals surface area contributed by atoms with E-state index in [0.29, 0.717) is 18.0 Å². The van der Waals surface area contributed by atoms with Gasteiger partial charge in [-0.3, -0.25) is 4.79 Å². The Bertz CT molecular complexity index is 670. The van der Waals surface area contributed by atoms with Gasteiger partial charge in [0, 0.05) is 13.1 Å². The van der Waals surface area contributed by atoms with Crippen molar-refractivity contribution in [3.63, 3.8) is 0 Å². The van der Waals surface area contributed by atoms with Gasteiger partial charge in [-0.15, -0.1) is 5.10 Å². The second-order valence-electron chi connectivity index (χ2n) is 4.55. The summed E-state index contributed by atoms with van der Waals surface area (Å²) >= 11 is 1.07. The van der Waals surface area contributed by atoms with Gasteiger partial charge in [-0.2, -0.15) is 0 Å². The van der Waals surface area contributed by atoms with Crippen molar-refractivity contribution in [3.05, 3.63) is 46.0 Å². The van der Waals surface area contributed by atoms with E-state index in [1.54, 1.807) is 17.0 Å². The Kier molecular flexibility index (Phi) is 3.19. The normalized spacial score (nSPS) is 13.9. The summed E-state index contributed by atoms with van der Waals surface area (Å²) in [5, 5.41) is 12.7. The SMILES string of the molecule is O=C(O)c1ccc2c(c1)CN(C(=O)c1cnns1)CC2. The van der Waals surface area contributed by atoms with Crippen molar-refractivity contribution in [1.82, 2.24) is 14.5 Å². The number of hydrogen-bond donors (Lipinski definition) is 1. The molecular weight excluding hydrogens is 278 g/mol. The van der Waals surface area contributed by atoms with Crippen molar-refractivity contribution < 1.29 is 14.7 Å². The van der Waals surface area contributed by atoms with Gasteiger partial charge < -0.3 is 10.0 Å². The number of aromatic carboxylic acids is 1. The second kappa shape index (κ2) is 5.01. The molecule has 0 atom stereocenters. The lowest BCUT2D eigenvalue weighted by atomic mass is 9.97. The van der Waals surface area contributed by atoms with Crippen molar-refractivity contribution >= 4 is 23.4 Å².